The summed E-state index contributed by atoms with van der Waals surface area (Å²) in [4.78, 5) is 14.9. The lowest BCUT2D eigenvalue weighted by atomic mass is 9.89. The molecule has 1 saturated heterocycles. The standard InChI is InChI=1S/C27H38N2O3/c1-5-20(15-18-30)23-11-12-25(24(19-23)28-26(31)32-27(2,3)4)29-16-13-22(14-17-29)21-9-7-6-8-10-21/h6-12,19-20,22,30H,5,13-18H2,1-4H3,(H,28,31). The number of anilines is 2. The molecule has 0 aliphatic carbocycles. The third kappa shape index (κ3) is 6.49. The van der Waals surface area contributed by atoms with Crippen LogP contribution in [0.1, 0.15) is 76.3 Å². The van der Waals surface area contributed by atoms with Crippen LogP contribution in [0, 0.1) is 0 Å². The lowest BCUT2D eigenvalue weighted by molar-refractivity contribution is 0.0636. The maximum absolute atomic E-state index is 12.6. The van der Waals surface area contributed by atoms with Crippen LogP contribution in [0.25, 0.3) is 0 Å². The van der Waals surface area contributed by atoms with Gasteiger partial charge in [-0.2, -0.15) is 0 Å². The van der Waals surface area contributed by atoms with E-state index >= 15 is 0 Å². The number of nitrogens with one attached hydrogen (secondary N) is 1. The van der Waals surface area contributed by atoms with E-state index in [1.807, 2.05) is 20.8 Å². The third-order valence-corrected chi connectivity index (χ3v) is 6.20. The number of aliphatic hydroxyl groups excluding tert-OH is 1. The number of amides is 1. The number of aliphatic hydroxyl groups is 1. The molecule has 2 N–H and O–H groups in total. The number of piperidine rings is 1. The molecule has 32 heavy (non-hydrogen) atoms. The predicted molar refractivity (Wildman–Crippen MR) is 132 cm³/mol. The zero-order valence-corrected chi connectivity index (χ0v) is 19.9. The summed E-state index contributed by atoms with van der Waals surface area (Å²) < 4.78 is 5.52. The number of benzene rings is 2. The number of rotatable bonds is 7. The van der Waals surface area contributed by atoms with E-state index in [2.05, 4.69) is 65.7 Å². The lowest BCUT2D eigenvalue weighted by Gasteiger charge is -2.35. The number of carbonyl (C=O) groups excluding carboxylic acids is 1. The third-order valence-electron chi connectivity index (χ3n) is 6.20. The lowest BCUT2D eigenvalue weighted by Crippen LogP contribution is -2.34. The second kappa shape index (κ2) is 10.9. The van der Waals surface area contributed by atoms with Crippen molar-refractivity contribution >= 4 is 17.5 Å². The smallest absolute Gasteiger partial charge is 0.412 e. The van der Waals surface area contributed by atoms with Gasteiger partial charge in [-0.1, -0.05) is 43.3 Å². The summed E-state index contributed by atoms with van der Waals surface area (Å²) >= 11 is 0. The summed E-state index contributed by atoms with van der Waals surface area (Å²) in [5, 5.41) is 12.5. The molecule has 0 saturated carbocycles. The summed E-state index contributed by atoms with van der Waals surface area (Å²) in [6.07, 6.45) is 3.38. The van der Waals surface area contributed by atoms with Gasteiger partial charge in [0.2, 0.25) is 0 Å². The fraction of sp³-hybridized carbons (Fsp3) is 0.519. The first-order valence-electron chi connectivity index (χ1n) is 11.9. The number of nitrogens with zero attached hydrogens (tertiary/aromatic N) is 1. The van der Waals surface area contributed by atoms with Crippen molar-refractivity contribution in [3.8, 4) is 0 Å². The Hall–Kier alpha value is -2.53. The van der Waals surface area contributed by atoms with Gasteiger partial charge in [-0.15, -0.1) is 0 Å². The number of hydrogen-bond donors (Lipinski definition) is 2. The molecule has 2 aromatic rings. The van der Waals surface area contributed by atoms with Crippen LogP contribution in [0.4, 0.5) is 16.2 Å². The Bertz CT molecular complexity index is 868. The molecule has 5 heteroatoms. The Morgan fingerprint density at radius 3 is 2.44 bits per heavy atom. The number of carbonyl (C=O) groups is 1. The minimum Gasteiger partial charge on any atom is -0.444 e. The summed E-state index contributed by atoms with van der Waals surface area (Å²) in [6.45, 7) is 9.77. The Morgan fingerprint density at radius 2 is 1.84 bits per heavy atom. The highest BCUT2D eigenvalue weighted by Gasteiger charge is 2.24. The first-order chi connectivity index (χ1) is 15.3. The molecule has 2 aromatic carbocycles. The molecule has 1 atom stereocenters. The average molecular weight is 439 g/mol. The Labute approximate surface area is 192 Å². The second-order valence-corrected chi connectivity index (χ2v) is 9.69. The van der Waals surface area contributed by atoms with E-state index in [4.69, 9.17) is 4.74 Å². The molecule has 1 heterocycles. The maximum Gasteiger partial charge on any atom is 0.412 e. The van der Waals surface area contributed by atoms with Gasteiger partial charge in [0.05, 0.1) is 11.4 Å². The minimum absolute atomic E-state index is 0.155. The largest absolute Gasteiger partial charge is 0.444 e. The average Bonchev–Trinajstić information content (AvgIpc) is 2.77. The van der Waals surface area contributed by atoms with Gasteiger partial charge in [-0.25, -0.2) is 4.79 Å². The summed E-state index contributed by atoms with van der Waals surface area (Å²) in [6, 6.07) is 17.0. The van der Waals surface area contributed by atoms with Crippen molar-refractivity contribution in [2.45, 2.75) is 70.8 Å². The molecule has 1 aliphatic heterocycles. The van der Waals surface area contributed by atoms with Crippen molar-refractivity contribution < 1.29 is 14.6 Å². The van der Waals surface area contributed by atoms with Gasteiger partial charge < -0.3 is 14.7 Å². The van der Waals surface area contributed by atoms with Gasteiger partial charge in [0.25, 0.3) is 0 Å². The van der Waals surface area contributed by atoms with Gasteiger partial charge in [-0.3, -0.25) is 5.32 Å². The van der Waals surface area contributed by atoms with Gasteiger partial charge in [0.1, 0.15) is 5.60 Å². The molecule has 3 rings (SSSR count). The molecule has 0 bridgehead atoms. The fourth-order valence-electron chi connectivity index (χ4n) is 4.54. The van der Waals surface area contributed by atoms with Crippen molar-refractivity contribution in [1.82, 2.24) is 0 Å². The van der Waals surface area contributed by atoms with Crippen molar-refractivity contribution in [3.05, 3.63) is 59.7 Å². The number of ether oxygens (including phenoxy) is 1. The molecule has 5 nitrogen and oxygen atoms in total. The molecule has 0 radical (unpaired) electrons. The predicted octanol–water partition coefficient (Wildman–Crippen LogP) is 6.29. The molecular formula is C27H38N2O3. The first-order valence-corrected chi connectivity index (χ1v) is 11.9. The van der Waals surface area contributed by atoms with Gasteiger partial charge in [-0.05, 0) is 81.5 Å². The van der Waals surface area contributed by atoms with Crippen LogP contribution in [-0.2, 0) is 4.74 Å². The molecule has 0 aromatic heterocycles. The van der Waals surface area contributed by atoms with E-state index < -0.39 is 11.7 Å². The molecule has 1 unspecified atom stereocenters. The SMILES string of the molecule is CCC(CCO)c1ccc(N2CCC(c3ccccc3)CC2)c(NC(=O)OC(C)(C)C)c1. The van der Waals surface area contributed by atoms with E-state index in [1.165, 1.54) is 5.56 Å². The molecule has 1 aliphatic rings. The topological polar surface area (TPSA) is 61.8 Å². The van der Waals surface area contributed by atoms with E-state index in [0.29, 0.717) is 12.3 Å². The van der Waals surface area contributed by atoms with Crippen LogP contribution in [0.15, 0.2) is 48.5 Å². The monoisotopic (exact) mass is 438 g/mol. The van der Waals surface area contributed by atoms with Gasteiger partial charge >= 0.3 is 6.09 Å². The molecule has 0 spiro atoms. The highest BCUT2D eigenvalue weighted by molar-refractivity contribution is 5.90. The van der Waals surface area contributed by atoms with Crippen LogP contribution in [0.3, 0.4) is 0 Å². The normalized spacial score (nSPS) is 16.0. The van der Waals surface area contributed by atoms with Crippen molar-refractivity contribution in [3.63, 3.8) is 0 Å². The highest BCUT2D eigenvalue weighted by atomic mass is 16.6. The Kier molecular flexibility index (Phi) is 8.19. The maximum atomic E-state index is 12.6. The van der Waals surface area contributed by atoms with Crippen LogP contribution in [0.2, 0.25) is 0 Å². The molecule has 1 fully saturated rings. The van der Waals surface area contributed by atoms with Crippen molar-refractivity contribution in [2.24, 2.45) is 0 Å². The van der Waals surface area contributed by atoms with E-state index in [-0.39, 0.29) is 12.5 Å². The van der Waals surface area contributed by atoms with Crippen LogP contribution in [0.5, 0.6) is 0 Å². The molecular weight excluding hydrogens is 400 g/mol. The second-order valence-electron chi connectivity index (χ2n) is 9.69. The fourth-order valence-corrected chi connectivity index (χ4v) is 4.54. The zero-order valence-electron chi connectivity index (χ0n) is 19.9. The Balaban J connectivity index is 1.81. The van der Waals surface area contributed by atoms with Crippen molar-refractivity contribution in [1.29, 1.82) is 0 Å². The van der Waals surface area contributed by atoms with Gasteiger partial charge in [0.15, 0.2) is 0 Å². The molecule has 1 amide bonds. The number of hydrogen-bond acceptors (Lipinski definition) is 4. The van der Waals surface area contributed by atoms with E-state index in [9.17, 15) is 9.90 Å². The van der Waals surface area contributed by atoms with E-state index in [0.717, 1.165) is 49.3 Å². The van der Waals surface area contributed by atoms with Crippen LogP contribution < -0.4 is 10.2 Å². The zero-order chi connectivity index (χ0) is 23.1. The van der Waals surface area contributed by atoms with Crippen LogP contribution >= 0.6 is 0 Å². The van der Waals surface area contributed by atoms with Gasteiger partial charge in [0, 0.05) is 19.7 Å². The Morgan fingerprint density at radius 1 is 1.16 bits per heavy atom. The van der Waals surface area contributed by atoms with E-state index in [1.54, 1.807) is 0 Å². The summed E-state index contributed by atoms with van der Waals surface area (Å²) in [5.41, 5.74) is 3.80. The van der Waals surface area contributed by atoms with Crippen molar-refractivity contribution in [2.75, 3.05) is 29.9 Å². The highest BCUT2D eigenvalue weighted by Crippen LogP contribution is 2.36. The summed E-state index contributed by atoms with van der Waals surface area (Å²) in [7, 11) is 0. The minimum atomic E-state index is -0.557. The first kappa shape index (κ1) is 24.1. The van der Waals surface area contributed by atoms with Crippen LogP contribution in [-0.4, -0.2) is 36.5 Å². The summed E-state index contributed by atoms with van der Waals surface area (Å²) in [5.74, 6) is 0.833. The molecule has 174 valence electrons. The quantitative estimate of drug-likeness (QED) is 0.533.